The Morgan fingerprint density at radius 2 is 1.63 bits per heavy atom. The van der Waals surface area contributed by atoms with Crippen LogP contribution in [0.2, 0.25) is 0 Å². The molecule has 0 radical (unpaired) electrons. The van der Waals surface area contributed by atoms with Crippen molar-refractivity contribution in [3.63, 3.8) is 0 Å². The van der Waals surface area contributed by atoms with Gasteiger partial charge in [-0.1, -0.05) is 36.4 Å². The van der Waals surface area contributed by atoms with Gasteiger partial charge in [-0.15, -0.1) is 0 Å². The van der Waals surface area contributed by atoms with Crippen LogP contribution in [-0.2, 0) is 11.3 Å². The molecule has 0 spiro atoms. The molecular formula is C23H18N2O5. The van der Waals surface area contributed by atoms with Gasteiger partial charge in [0.2, 0.25) is 5.91 Å². The van der Waals surface area contributed by atoms with Crippen LogP contribution in [-0.4, -0.2) is 34.4 Å². The highest BCUT2D eigenvalue weighted by Gasteiger charge is 2.25. The van der Waals surface area contributed by atoms with Crippen molar-refractivity contribution in [3.05, 3.63) is 77.4 Å². The van der Waals surface area contributed by atoms with E-state index < -0.39 is 17.7 Å². The second-order valence-electron chi connectivity index (χ2n) is 6.84. The summed E-state index contributed by atoms with van der Waals surface area (Å²) in [6.07, 6.45) is 0. The smallest absolute Gasteiger partial charge is 0.377 e. The number of carbonyl (C=O) groups is 3. The van der Waals surface area contributed by atoms with E-state index in [9.17, 15) is 19.5 Å². The Morgan fingerprint density at radius 1 is 0.933 bits per heavy atom. The molecule has 0 aliphatic rings. The van der Waals surface area contributed by atoms with Crippen LogP contribution in [0, 0.1) is 0 Å². The standard InChI is InChI=1S/C23H18N2O5/c1-30-14-10-16(21(26)23(28)29)20-18(11-14)25(12-13-6-3-2-4-7-13)17-9-5-8-15(19(17)20)22(24)27/h2-11H,12H2,1H3,(H2,24,27)(H,28,29). The molecule has 0 bridgehead atoms. The van der Waals surface area contributed by atoms with Gasteiger partial charge in [0.15, 0.2) is 0 Å². The molecule has 7 nitrogen and oxygen atoms in total. The Morgan fingerprint density at radius 3 is 2.27 bits per heavy atom. The third kappa shape index (κ3) is 3.06. The first-order valence-electron chi connectivity index (χ1n) is 9.16. The fourth-order valence-corrected chi connectivity index (χ4v) is 3.79. The highest BCUT2D eigenvalue weighted by molar-refractivity contribution is 6.44. The van der Waals surface area contributed by atoms with Crippen LogP contribution in [0.5, 0.6) is 5.75 Å². The molecule has 1 heterocycles. The molecule has 3 aromatic carbocycles. The van der Waals surface area contributed by atoms with Gasteiger partial charge >= 0.3 is 5.97 Å². The number of rotatable bonds is 6. The summed E-state index contributed by atoms with van der Waals surface area (Å²) in [5, 5.41) is 10.2. The quantitative estimate of drug-likeness (QED) is 0.380. The number of nitrogens with two attached hydrogens (primary N) is 1. The average Bonchev–Trinajstić information content (AvgIpc) is 3.06. The molecule has 0 saturated carbocycles. The van der Waals surface area contributed by atoms with Crippen molar-refractivity contribution in [2.75, 3.05) is 7.11 Å². The second-order valence-corrected chi connectivity index (χ2v) is 6.84. The monoisotopic (exact) mass is 402 g/mol. The van der Waals surface area contributed by atoms with Gasteiger partial charge in [-0.3, -0.25) is 9.59 Å². The summed E-state index contributed by atoms with van der Waals surface area (Å²) >= 11 is 0. The summed E-state index contributed by atoms with van der Waals surface area (Å²) in [6, 6.07) is 17.8. The highest BCUT2D eigenvalue weighted by atomic mass is 16.5. The maximum atomic E-state index is 12.5. The molecular weight excluding hydrogens is 384 g/mol. The first kappa shape index (κ1) is 19.2. The molecule has 0 saturated heterocycles. The molecule has 7 heteroatoms. The lowest BCUT2D eigenvalue weighted by Crippen LogP contribution is -2.14. The molecule has 4 aromatic rings. The third-order valence-electron chi connectivity index (χ3n) is 5.09. The molecule has 0 fully saturated rings. The second kappa shape index (κ2) is 7.36. The molecule has 4 rings (SSSR count). The van der Waals surface area contributed by atoms with Gasteiger partial charge in [0.1, 0.15) is 5.75 Å². The van der Waals surface area contributed by atoms with Crippen molar-refractivity contribution < 1.29 is 24.2 Å². The van der Waals surface area contributed by atoms with Crippen molar-refractivity contribution in [3.8, 4) is 5.75 Å². The summed E-state index contributed by atoms with van der Waals surface area (Å²) in [7, 11) is 1.44. The number of ketones is 1. The van der Waals surface area contributed by atoms with Crippen LogP contribution >= 0.6 is 0 Å². The topological polar surface area (TPSA) is 112 Å². The predicted molar refractivity (Wildman–Crippen MR) is 112 cm³/mol. The molecule has 3 N–H and O–H groups in total. The van der Waals surface area contributed by atoms with E-state index in [-0.39, 0.29) is 11.1 Å². The molecule has 30 heavy (non-hydrogen) atoms. The van der Waals surface area contributed by atoms with Gasteiger partial charge < -0.3 is 20.1 Å². The van der Waals surface area contributed by atoms with Crippen molar-refractivity contribution in [1.29, 1.82) is 0 Å². The van der Waals surface area contributed by atoms with Gasteiger partial charge in [-0.2, -0.15) is 0 Å². The van der Waals surface area contributed by atoms with Crippen LogP contribution in [0.15, 0.2) is 60.7 Å². The number of aliphatic carboxylic acids is 1. The first-order valence-corrected chi connectivity index (χ1v) is 9.16. The minimum Gasteiger partial charge on any atom is -0.497 e. The Bertz CT molecular complexity index is 1320. The largest absolute Gasteiger partial charge is 0.497 e. The highest BCUT2D eigenvalue weighted by Crippen LogP contribution is 2.37. The van der Waals surface area contributed by atoms with Crippen LogP contribution in [0.1, 0.15) is 26.3 Å². The van der Waals surface area contributed by atoms with E-state index in [4.69, 9.17) is 10.5 Å². The molecule has 1 amide bonds. The number of carboxylic acids is 1. The number of carbonyl (C=O) groups excluding carboxylic acids is 2. The minimum atomic E-state index is -1.59. The Kier molecular flexibility index (Phi) is 4.71. The lowest BCUT2D eigenvalue weighted by molar-refractivity contribution is -0.131. The number of methoxy groups -OCH3 is 1. The zero-order valence-corrected chi connectivity index (χ0v) is 16.1. The van der Waals surface area contributed by atoms with Crippen molar-refractivity contribution >= 4 is 39.5 Å². The van der Waals surface area contributed by atoms with Gasteiger partial charge in [-0.25, -0.2) is 4.79 Å². The number of hydrogen-bond acceptors (Lipinski definition) is 4. The van der Waals surface area contributed by atoms with Gasteiger partial charge in [0, 0.05) is 34.5 Å². The molecule has 0 unspecified atom stereocenters. The zero-order chi connectivity index (χ0) is 21.4. The SMILES string of the molecule is COc1cc(C(=O)C(=O)O)c2c3c(C(N)=O)cccc3n(Cc3ccccc3)c2c1. The fraction of sp³-hybridized carbons (Fsp3) is 0.0870. The van der Waals surface area contributed by atoms with E-state index in [1.807, 2.05) is 41.0 Å². The number of aromatic nitrogens is 1. The number of Topliss-reactive ketones (excluding diaryl/α,β-unsaturated/α-hetero) is 1. The number of primary amides is 1. The van der Waals surface area contributed by atoms with Gasteiger partial charge in [-0.05, 0) is 23.8 Å². The lowest BCUT2D eigenvalue weighted by atomic mass is 9.99. The van der Waals surface area contributed by atoms with Gasteiger partial charge in [0.05, 0.1) is 18.1 Å². The van der Waals surface area contributed by atoms with Gasteiger partial charge in [0.25, 0.3) is 5.78 Å². The number of fused-ring (bicyclic) bond motifs is 3. The van der Waals surface area contributed by atoms with Crippen molar-refractivity contribution in [1.82, 2.24) is 4.57 Å². The zero-order valence-electron chi connectivity index (χ0n) is 16.1. The Hall–Kier alpha value is -4.13. The van der Waals surface area contributed by atoms with Crippen LogP contribution < -0.4 is 10.5 Å². The number of carboxylic acid groups (broad SMARTS) is 1. The summed E-state index contributed by atoms with van der Waals surface area (Å²) in [5.74, 6) is -3.00. The van der Waals surface area contributed by atoms with E-state index >= 15 is 0 Å². The van der Waals surface area contributed by atoms with E-state index in [0.717, 1.165) is 5.56 Å². The van der Waals surface area contributed by atoms with Crippen LogP contribution in [0.25, 0.3) is 21.8 Å². The van der Waals surface area contributed by atoms with Crippen molar-refractivity contribution in [2.45, 2.75) is 6.54 Å². The average molecular weight is 402 g/mol. The van der Waals surface area contributed by atoms with Crippen molar-refractivity contribution in [2.24, 2.45) is 5.73 Å². The Balaban J connectivity index is 2.18. The third-order valence-corrected chi connectivity index (χ3v) is 5.09. The molecule has 1 aromatic heterocycles. The lowest BCUT2D eigenvalue weighted by Gasteiger charge is -2.10. The summed E-state index contributed by atoms with van der Waals surface area (Å²) < 4.78 is 7.25. The van der Waals surface area contributed by atoms with E-state index in [0.29, 0.717) is 34.1 Å². The number of amides is 1. The van der Waals surface area contributed by atoms with Crippen LogP contribution in [0.4, 0.5) is 0 Å². The first-order chi connectivity index (χ1) is 14.4. The molecule has 0 aliphatic carbocycles. The maximum absolute atomic E-state index is 12.5. The van der Waals surface area contributed by atoms with E-state index in [1.165, 1.54) is 13.2 Å². The predicted octanol–water partition coefficient (Wildman–Crippen LogP) is 3.22. The molecule has 0 aliphatic heterocycles. The Labute approximate surface area is 171 Å². The maximum Gasteiger partial charge on any atom is 0.377 e. The number of ether oxygens (including phenoxy) is 1. The summed E-state index contributed by atoms with van der Waals surface area (Å²) in [4.78, 5) is 36.2. The van der Waals surface area contributed by atoms with E-state index in [2.05, 4.69) is 0 Å². The number of hydrogen-bond donors (Lipinski definition) is 2. The minimum absolute atomic E-state index is 0.0534. The summed E-state index contributed by atoms with van der Waals surface area (Å²) in [5.41, 5.74) is 8.00. The molecule has 150 valence electrons. The molecule has 0 atom stereocenters. The number of benzene rings is 3. The fourth-order valence-electron chi connectivity index (χ4n) is 3.79. The summed E-state index contributed by atoms with van der Waals surface area (Å²) in [6.45, 7) is 0.441. The van der Waals surface area contributed by atoms with E-state index in [1.54, 1.807) is 18.2 Å². The number of nitrogens with zero attached hydrogens (tertiary/aromatic N) is 1. The van der Waals surface area contributed by atoms with Crippen LogP contribution in [0.3, 0.4) is 0 Å². The normalized spacial score (nSPS) is 11.0.